The molecule has 0 atom stereocenters. The fraction of sp³-hybridized carbons (Fsp3) is 0.611. The molecule has 1 aromatic rings. The molecule has 3 heteroatoms. The first kappa shape index (κ1) is 15.9. The second kappa shape index (κ2) is 7.47. The number of nitriles is 1. The van der Waals surface area contributed by atoms with Crippen molar-refractivity contribution in [3.8, 4) is 6.07 Å². The monoisotopic (exact) mass is 285 g/mol. The summed E-state index contributed by atoms with van der Waals surface area (Å²) in [6, 6.07) is 9.39. The van der Waals surface area contributed by atoms with E-state index in [0.29, 0.717) is 12.0 Å². The number of nitrogens with one attached hydrogen (secondary N) is 1. The molecule has 1 aliphatic rings. The molecular weight excluding hydrogens is 258 g/mol. The van der Waals surface area contributed by atoms with Crippen molar-refractivity contribution in [3.63, 3.8) is 0 Å². The summed E-state index contributed by atoms with van der Waals surface area (Å²) in [4.78, 5) is 2.44. The van der Waals surface area contributed by atoms with Gasteiger partial charge in [0.15, 0.2) is 0 Å². The van der Waals surface area contributed by atoms with E-state index in [-0.39, 0.29) is 0 Å². The summed E-state index contributed by atoms with van der Waals surface area (Å²) in [6.45, 7) is 9.54. The van der Waals surface area contributed by atoms with Crippen molar-refractivity contribution in [2.75, 3.05) is 18.0 Å². The average molecular weight is 285 g/mol. The highest BCUT2D eigenvalue weighted by atomic mass is 15.2. The summed E-state index contributed by atoms with van der Waals surface area (Å²) in [5.74, 6) is 0.614. The lowest BCUT2D eigenvalue weighted by molar-refractivity contribution is 0.607. The highest BCUT2D eigenvalue weighted by Gasteiger charge is 2.30. The Bertz CT molecular complexity index is 498. The van der Waals surface area contributed by atoms with E-state index in [1.54, 1.807) is 0 Å². The zero-order valence-electron chi connectivity index (χ0n) is 13.5. The van der Waals surface area contributed by atoms with Crippen molar-refractivity contribution >= 4 is 5.69 Å². The number of hydrogen-bond acceptors (Lipinski definition) is 3. The van der Waals surface area contributed by atoms with Gasteiger partial charge < -0.3 is 10.2 Å². The molecule has 0 radical (unpaired) electrons. The van der Waals surface area contributed by atoms with Crippen LogP contribution in [0.4, 0.5) is 5.69 Å². The van der Waals surface area contributed by atoms with Crippen LogP contribution < -0.4 is 10.2 Å². The van der Waals surface area contributed by atoms with E-state index in [9.17, 15) is 5.26 Å². The highest BCUT2D eigenvalue weighted by Crippen LogP contribution is 2.34. The van der Waals surface area contributed by atoms with Crippen LogP contribution in [-0.4, -0.2) is 19.1 Å². The number of nitrogens with zero attached hydrogens (tertiary/aromatic N) is 2. The molecule has 114 valence electrons. The quantitative estimate of drug-likeness (QED) is 0.741. The fourth-order valence-corrected chi connectivity index (χ4v) is 2.67. The molecule has 2 rings (SSSR count). The first-order chi connectivity index (χ1) is 10.2. The molecule has 1 fully saturated rings. The number of anilines is 1. The normalized spacial score (nSPS) is 14.2. The van der Waals surface area contributed by atoms with Crippen molar-refractivity contribution in [2.45, 2.75) is 52.6 Å². The van der Waals surface area contributed by atoms with Crippen LogP contribution in [0, 0.1) is 17.2 Å². The topological polar surface area (TPSA) is 39.1 Å². The second-order valence-corrected chi connectivity index (χ2v) is 6.42. The molecule has 0 spiro atoms. The molecule has 0 aliphatic heterocycles. The number of rotatable bonds is 8. The van der Waals surface area contributed by atoms with E-state index in [1.165, 1.54) is 18.4 Å². The van der Waals surface area contributed by atoms with Gasteiger partial charge in [0.2, 0.25) is 0 Å². The third kappa shape index (κ3) is 4.47. The third-order valence-electron chi connectivity index (χ3n) is 3.80. The highest BCUT2D eigenvalue weighted by molar-refractivity contribution is 5.61. The van der Waals surface area contributed by atoms with Crippen molar-refractivity contribution < 1.29 is 0 Å². The molecule has 21 heavy (non-hydrogen) atoms. The minimum absolute atomic E-state index is 0.614. The predicted octanol–water partition coefficient (Wildman–Crippen LogP) is 3.68. The van der Waals surface area contributed by atoms with Gasteiger partial charge in [-0.25, -0.2) is 0 Å². The van der Waals surface area contributed by atoms with Crippen molar-refractivity contribution in [2.24, 2.45) is 5.92 Å². The van der Waals surface area contributed by atoms with E-state index in [4.69, 9.17) is 0 Å². The standard InChI is InChI=1S/C18H27N3/c1-4-9-20-12-15-5-8-18(16(10-15)11-19)21(13-14(2)3)17-6-7-17/h5,8,10,14,17,20H,4,6-7,9,12-13H2,1-3H3. The number of hydrogen-bond donors (Lipinski definition) is 1. The first-order valence-electron chi connectivity index (χ1n) is 8.16. The zero-order valence-corrected chi connectivity index (χ0v) is 13.5. The summed E-state index contributed by atoms with van der Waals surface area (Å²) < 4.78 is 0. The van der Waals surface area contributed by atoms with Crippen molar-refractivity contribution in [3.05, 3.63) is 29.3 Å². The molecule has 1 N–H and O–H groups in total. The maximum Gasteiger partial charge on any atom is 0.101 e. The van der Waals surface area contributed by atoms with E-state index < -0.39 is 0 Å². The van der Waals surface area contributed by atoms with Crippen LogP contribution in [0.25, 0.3) is 0 Å². The van der Waals surface area contributed by atoms with Gasteiger partial charge in [-0.1, -0.05) is 26.8 Å². The molecule has 0 bridgehead atoms. The van der Waals surface area contributed by atoms with E-state index in [0.717, 1.165) is 37.3 Å². The zero-order chi connectivity index (χ0) is 15.2. The molecule has 0 aromatic heterocycles. The molecule has 0 saturated heterocycles. The Kier molecular flexibility index (Phi) is 5.64. The van der Waals surface area contributed by atoms with E-state index in [2.05, 4.69) is 49.2 Å². The van der Waals surface area contributed by atoms with Gasteiger partial charge in [0.1, 0.15) is 6.07 Å². The Balaban J connectivity index is 2.16. The molecule has 0 unspecified atom stereocenters. The Morgan fingerprint density at radius 2 is 2.14 bits per heavy atom. The van der Waals surface area contributed by atoms with Crippen molar-refractivity contribution in [1.29, 1.82) is 5.26 Å². The lowest BCUT2D eigenvalue weighted by Gasteiger charge is -2.27. The van der Waals surface area contributed by atoms with Gasteiger partial charge in [-0.3, -0.25) is 0 Å². The van der Waals surface area contributed by atoms with E-state index >= 15 is 0 Å². The van der Waals surface area contributed by atoms with Crippen LogP contribution in [0.2, 0.25) is 0 Å². The van der Waals surface area contributed by atoms with Gasteiger partial charge in [0, 0.05) is 19.1 Å². The average Bonchev–Trinajstić information content (AvgIpc) is 3.29. The molecule has 0 amide bonds. The largest absolute Gasteiger partial charge is 0.367 e. The van der Waals surface area contributed by atoms with Gasteiger partial charge in [-0.15, -0.1) is 0 Å². The summed E-state index contributed by atoms with van der Waals surface area (Å²) in [7, 11) is 0. The molecule has 1 saturated carbocycles. The van der Waals surface area contributed by atoms with Gasteiger partial charge in [-0.05, 0) is 49.4 Å². The van der Waals surface area contributed by atoms with E-state index in [1.807, 2.05) is 6.07 Å². The number of benzene rings is 1. The first-order valence-corrected chi connectivity index (χ1v) is 8.16. The van der Waals surface area contributed by atoms with Gasteiger partial charge in [0.05, 0.1) is 11.3 Å². The second-order valence-electron chi connectivity index (χ2n) is 6.42. The molecule has 0 heterocycles. The fourth-order valence-electron chi connectivity index (χ4n) is 2.67. The summed E-state index contributed by atoms with van der Waals surface area (Å²) >= 11 is 0. The maximum absolute atomic E-state index is 9.50. The SMILES string of the molecule is CCCNCc1ccc(N(CC(C)C)C2CC2)c(C#N)c1. The van der Waals surface area contributed by atoms with Gasteiger partial charge >= 0.3 is 0 Å². The third-order valence-corrected chi connectivity index (χ3v) is 3.80. The van der Waals surface area contributed by atoms with Crippen molar-refractivity contribution in [1.82, 2.24) is 5.32 Å². The van der Waals surface area contributed by atoms with Crippen LogP contribution in [0.15, 0.2) is 18.2 Å². The summed E-state index contributed by atoms with van der Waals surface area (Å²) in [5, 5.41) is 12.9. The van der Waals surface area contributed by atoms with Crippen LogP contribution in [-0.2, 0) is 6.54 Å². The Hall–Kier alpha value is -1.53. The maximum atomic E-state index is 9.50. The summed E-state index contributed by atoms with van der Waals surface area (Å²) in [6.07, 6.45) is 3.65. The Morgan fingerprint density at radius 1 is 1.38 bits per heavy atom. The van der Waals surface area contributed by atoms with Crippen LogP contribution >= 0.6 is 0 Å². The molecule has 3 nitrogen and oxygen atoms in total. The molecule has 1 aromatic carbocycles. The van der Waals surface area contributed by atoms with Crippen LogP contribution in [0.1, 0.15) is 51.2 Å². The Labute approximate surface area is 129 Å². The van der Waals surface area contributed by atoms with Crippen LogP contribution in [0.5, 0.6) is 0 Å². The van der Waals surface area contributed by atoms with Crippen LogP contribution in [0.3, 0.4) is 0 Å². The predicted molar refractivity (Wildman–Crippen MR) is 88.4 cm³/mol. The lowest BCUT2D eigenvalue weighted by atomic mass is 10.1. The molecule has 1 aliphatic carbocycles. The smallest absolute Gasteiger partial charge is 0.101 e. The Morgan fingerprint density at radius 3 is 2.71 bits per heavy atom. The van der Waals surface area contributed by atoms with Gasteiger partial charge in [-0.2, -0.15) is 5.26 Å². The minimum Gasteiger partial charge on any atom is -0.367 e. The summed E-state index contributed by atoms with van der Waals surface area (Å²) in [5.41, 5.74) is 3.13. The molecular formula is C18H27N3. The lowest BCUT2D eigenvalue weighted by Crippen LogP contribution is -2.30. The minimum atomic E-state index is 0.614. The van der Waals surface area contributed by atoms with Gasteiger partial charge in [0.25, 0.3) is 0 Å².